The summed E-state index contributed by atoms with van der Waals surface area (Å²) in [5, 5.41) is 0. The zero-order valence-electron chi connectivity index (χ0n) is 16.9. The van der Waals surface area contributed by atoms with Crippen LogP contribution in [0.25, 0.3) is 0 Å². The van der Waals surface area contributed by atoms with Gasteiger partial charge >= 0.3 is 5.97 Å². The van der Waals surface area contributed by atoms with Crippen LogP contribution in [0, 0.1) is 5.92 Å². The van der Waals surface area contributed by atoms with E-state index in [1.165, 1.54) is 57.5 Å². The van der Waals surface area contributed by atoms with Crippen molar-refractivity contribution in [1.82, 2.24) is 0 Å². The zero-order chi connectivity index (χ0) is 23.0. The molecule has 3 rings (SSSR count). The number of benzene rings is 2. The van der Waals surface area contributed by atoms with E-state index >= 15 is 0 Å². The van der Waals surface area contributed by atoms with Gasteiger partial charge in [-0.1, -0.05) is 6.92 Å². The number of anilines is 2. The summed E-state index contributed by atoms with van der Waals surface area (Å²) in [5.74, 6) is -2.35. The third kappa shape index (κ3) is 4.35. The number of nitrogens with one attached hydrogen (secondary N) is 1. The van der Waals surface area contributed by atoms with Gasteiger partial charge in [0.15, 0.2) is 0 Å². The zero-order valence-corrected chi connectivity index (χ0v) is 18.5. The van der Waals surface area contributed by atoms with Crippen molar-refractivity contribution in [3.8, 4) is 5.75 Å². The van der Waals surface area contributed by atoms with Crippen molar-refractivity contribution < 1.29 is 35.9 Å². The van der Waals surface area contributed by atoms with E-state index in [0.717, 1.165) is 6.07 Å². The Labute approximate surface area is 179 Å². The molecule has 1 saturated heterocycles. The topological polar surface area (TPSA) is 136 Å². The molecule has 1 heterocycles. The number of rotatable bonds is 6. The van der Waals surface area contributed by atoms with Gasteiger partial charge < -0.3 is 9.47 Å². The van der Waals surface area contributed by atoms with Crippen LogP contribution in [-0.2, 0) is 29.6 Å². The molecule has 0 spiro atoms. The van der Waals surface area contributed by atoms with Crippen molar-refractivity contribution in [1.29, 1.82) is 0 Å². The first-order valence-corrected chi connectivity index (χ1v) is 12.1. The van der Waals surface area contributed by atoms with E-state index in [1.807, 2.05) is 0 Å². The Morgan fingerprint density at radius 1 is 1.13 bits per heavy atom. The second-order valence-corrected chi connectivity index (χ2v) is 10.3. The molecule has 0 bridgehead atoms. The third-order valence-electron chi connectivity index (χ3n) is 4.59. The maximum atomic E-state index is 13.0. The van der Waals surface area contributed by atoms with Crippen LogP contribution >= 0.6 is 0 Å². The predicted octanol–water partition coefficient (Wildman–Crippen LogP) is 1.60. The lowest BCUT2D eigenvalue weighted by Crippen LogP contribution is -2.30. The number of carbonyl (C=O) groups excluding carboxylic acids is 2. The van der Waals surface area contributed by atoms with Gasteiger partial charge in [0, 0.05) is 5.69 Å². The Morgan fingerprint density at radius 2 is 1.77 bits per heavy atom. The molecular weight excluding hydrogens is 448 g/mol. The molecule has 31 heavy (non-hydrogen) atoms. The standard InChI is InChI=1S/C19H20N2O8S2/c1-12-11-30(24,25)21(18(12)22)15-8-9-16(28-2)17(10-15)31(26,27)20-14-6-4-13(5-7-14)19(23)29-3/h4-10,12,20H,11H2,1-3H3/t12-/m0/s1. The Morgan fingerprint density at radius 3 is 2.29 bits per heavy atom. The van der Waals surface area contributed by atoms with Crippen LogP contribution < -0.4 is 13.8 Å². The van der Waals surface area contributed by atoms with Crippen LogP contribution in [0.1, 0.15) is 17.3 Å². The molecule has 1 N–H and O–H groups in total. The number of amides is 1. The van der Waals surface area contributed by atoms with E-state index in [4.69, 9.17) is 4.74 Å². The molecule has 10 nitrogen and oxygen atoms in total. The molecule has 0 aliphatic carbocycles. The number of sulfonamides is 2. The average Bonchev–Trinajstić information content (AvgIpc) is 2.93. The summed E-state index contributed by atoms with van der Waals surface area (Å²) in [6.45, 7) is 1.49. The van der Waals surface area contributed by atoms with Crippen LogP contribution in [0.4, 0.5) is 11.4 Å². The molecule has 1 atom stereocenters. The number of ether oxygens (including phenoxy) is 2. The minimum atomic E-state index is -4.24. The summed E-state index contributed by atoms with van der Waals surface area (Å²) in [7, 11) is -5.66. The second kappa shape index (κ2) is 8.19. The third-order valence-corrected chi connectivity index (χ3v) is 7.86. The summed E-state index contributed by atoms with van der Waals surface area (Å²) in [6, 6.07) is 9.15. The average molecular weight is 469 g/mol. The predicted molar refractivity (Wildman–Crippen MR) is 112 cm³/mol. The molecule has 0 saturated carbocycles. The number of esters is 1. The van der Waals surface area contributed by atoms with Crippen molar-refractivity contribution in [2.24, 2.45) is 5.92 Å². The highest BCUT2D eigenvalue weighted by molar-refractivity contribution is 7.94. The summed E-state index contributed by atoms with van der Waals surface area (Å²) in [6.07, 6.45) is 0. The van der Waals surface area contributed by atoms with Crippen LogP contribution in [0.15, 0.2) is 47.4 Å². The maximum absolute atomic E-state index is 13.0. The van der Waals surface area contributed by atoms with Crippen molar-refractivity contribution in [2.45, 2.75) is 11.8 Å². The lowest BCUT2D eigenvalue weighted by Gasteiger charge is -2.18. The first kappa shape index (κ1) is 22.6. The van der Waals surface area contributed by atoms with Crippen LogP contribution in [0.5, 0.6) is 5.75 Å². The Balaban J connectivity index is 2.00. The minimum absolute atomic E-state index is 0.0421. The fourth-order valence-electron chi connectivity index (χ4n) is 3.09. The highest BCUT2D eigenvalue weighted by atomic mass is 32.2. The van der Waals surface area contributed by atoms with Crippen molar-refractivity contribution in [2.75, 3.05) is 29.0 Å². The smallest absolute Gasteiger partial charge is 0.337 e. The quantitative estimate of drug-likeness (QED) is 0.631. The van der Waals surface area contributed by atoms with Gasteiger partial charge in [0.1, 0.15) is 10.6 Å². The second-order valence-electron chi connectivity index (χ2n) is 6.79. The van der Waals surface area contributed by atoms with Gasteiger partial charge in [-0.2, -0.15) is 0 Å². The molecule has 0 radical (unpaired) electrons. The summed E-state index contributed by atoms with van der Waals surface area (Å²) >= 11 is 0. The van der Waals surface area contributed by atoms with Gasteiger partial charge in [-0.05, 0) is 42.5 Å². The largest absolute Gasteiger partial charge is 0.495 e. The van der Waals surface area contributed by atoms with Crippen LogP contribution in [0.3, 0.4) is 0 Å². The SMILES string of the molecule is COC(=O)c1ccc(NS(=O)(=O)c2cc(N3C(=O)[C@@H](C)CS3(=O)=O)ccc2OC)cc1. The lowest BCUT2D eigenvalue weighted by atomic mass is 10.2. The Bertz CT molecular complexity index is 1240. The molecule has 0 aromatic heterocycles. The number of nitrogens with zero attached hydrogens (tertiary/aromatic N) is 1. The maximum Gasteiger partial charge on any atom is 0.337 e. The van der Waals surface area contributed by atoms with Crippen molar-refractivity contribution >= 4 is 43.3 Å². The van der Waals surface area contributed by atoms with Crippen LogP contribution in [-0.4, -0.2) is 48.7 Å². The molecular formula is C19H20N2O8S2. The normalized spacial score (nSPS) is 18.0. The van der Waals surface area contributed by atoms with E-state index < -0.39 is 37.8 Å². The van der Waals surface area contributed by atoms with E-state index in [9.17, 15) is 26.4 Å². The number of methoxy groups -OCH3 is 2. The van der Waals surface area contributed by atoms with Crippen molar-refractivity contribution in [3.63, 3.8) is 0 Å². The van der Waals surface area contributed by atoms with Gasteiger partial charge in [0.2, 0.25) is 15.9 Å². The first-order chi connectivity index (χ1) is 14.5. The van der Waals surface area contributed by atoms with Gasteiger partial charge in [0.05, 0.1) is 37.1 Å². The van der Waals surface area contributed by atoms with E-state index in [2.05, 4.69) is 9.46 Å². The molecule has 12 heteroatoms. The van der Waals surface area contributed by atoms with E-state index in [0.29, 0.717) is 4.31 Å². The number of hydrogen-bond acceptors (Lipinski definition) is 8. The molecule has 1 fully saturated rings. The van der Waals surface area contributed by atoms with E-state index in [1.54, 1.807) is 0 Å². The van der Waals surface area contributed by atoms with Gasteiger partial charge in [0.25, 0.3) is 10.0 Å². The van der Waals surface area contributed by atoms with Crippen LogP contribution in [0.2, 0.25) is 0 Å². The Hall–Kier alpha value is -3.12. The molecule has 1 aliphatic heterocycles. The molecule has 1 aliphatic rings. The molecule has 1 amide bonds. The van der Waals surface area contributed by atoms with Crippen molar-refractivity contribution in [3.05, 3.63) is 48.0 Å². The van der Waals surface area contributed by atoms with Gasteiger partial charge in [-0.25, -0.2) is 25.9 Å². The summed E-state index contributed by atoms with van der Waals surface area (Å²) < 4.78 is 63.4. The minimum Gasteiger partial charge on any atom is -0.495 e. The number of carbonyl (C=O) groups is 2. The lowest BCUT2D eigenvalue weighted by molar-refractivity contribution is -0.119. The molecule has 166 valence electrons. The molecule has 2 aromatic rings. The first-order valence-electron chi connectivity index (χ1n) is 8.96. The van der Waals surface area contributed by atoms with Gasteiger partial charge in [-0.15, -0.1) is 0 Å². The fourth-order valence-corrected chi connectivity index (χ4v) is 6.15. The highest BCUT2D eigenvalue weighted by Gasteiger charge is 2.42. The Kier molecular flexibility index (Phi) is 5.96. The highest BCUT2D eigenvalue weighted by Crippen LogP contribution is 2.34. The van der Waals surface area contributed by atoms with Gasteiger partial charge in [-0.3, -0.25) is 9.52 Å². The molecule has 2 aromatic carbocycles. The summed E-state index contributed by atoms with van der Waals surface area (Å²) in [4.78, 5) is 23.5. The summed E-state index contributed by atoms with van der Waals surface area (Å²) in [5.41, 5.74) is 0.284. The number of hydrogen-bond donors (Lipinski definition) is 1. The van der Waals surface area contributed by atoms with E-state index in [-0.39, 0.29) is 33.3 Å². The fraction of sp³-hybridized carbons (Fsp3) is 0.263. The monoisotopic (exact) mass is 468 g/mol. The molecule has 0 unspecified atom stereocenters.